The molecular formula is C19H30N4O. The molecule has 2 saturated heterocycles. The van der Waals surface area contributed by atoms with Gasteiger partial charge in [-0.3, -0.25) is 4.79 Å². The summed E-state index contributed by atoms with van der Waals surface area (Å²) < 4.78 is 0. The van der Waals surface area contributed by atoms with Crippen LogP contribution in [0.25, 0.3) is 0 Å². The molecule has 0 radical (unpaired) electrons. The summed E-state index contributed by atoms with van der Waals surface area (Å²) in [5, 5.41) is 6.66. The van der Waals surface area contributed by atoms with Crippen molar-refractivity contribution in [3.8, 4) is 0 Å². The van der Waals surface area contributed by atoms with Crippen LogP contribution < -0.4 is 15.5 Å². The van der Waals surface area contributed by atoms with Gasteiger partial charge in [0, 0.05) is 31.7 Å². The molecule has 1 aromatic heterocycles. The van der Waals surface area contributed by atoms with Crippen molar-refractivity contribution in [2.24, 2.45) is 11.8 Å². The molecule has 2 fully saturated rings. The summed E-state index contributed by atoms with van der Waals surface area (Å²) >= 11 is 0. The fraction of sp³-hybridized carbons (Fsp3) is 0.684. The molecule has 0 saturated carbocycles. The molecule has 0 aromatic carbocycles. The second-order valence-corrected chi connectivity index (χ2v) is 7.29. The lowest BCUT2D eigenvalue weighted by Crippen LogP contribution is -2.45. The fourth-order valence-electron chi connectivity index (χ4n) is 3.95. The minimum Gasteiger partial charge on any atom is -0.356 e. The number of hydrogen-bond donors (Lipinski definition) is 2. The van der Waals surface area contributed by atoms with Gasteiger partial charge in [0.25, 0.3) is 0 Å². The van der Waals surface area contributed by atoms with Crippen LogP contribution in [0.2, 0.25) is 0 Å². The molecule has 3 rings (SSSR count). The topological polar surface area (TPSA) is 57.3 Å². The van der Waals surface area contributed by atoms with E-state index in [4.69, 9.17) is 0 Å². The molecule has 1 atom stereocenters. The highest BCUT2D eigenvalue weighted by molar-refractivity contribution is 5.76. The van der Waals surface area contributed by atoms with E-state index in [2.05, 4.69) is 33.5 Å². The highest BCUT2D eigenvalue weighted by atomic mass is 16.1. The molecule has 24 heavy (non-hydrogen) atoms. The van der Waals surface area contributed by atoms with Crippen LogP contribution in [0.1, 0.15) is 39.0 Å². The Kier molecular flexibility index (Phi) is 6.07. The predicted molar refractivity (Wildman–Crippen MR) is 97.0 cm³/mol. The van der Waals surface area contributed by atoms with Gasteiger partial charge < -0.3 is 15.5 Å². The molecule has 0 spiro atoms. The molecule has 132 valence electrons. The van der Waals surface area contributed by atoms with Crippen molar-refractivity contribution >= 4 is 11.7 Å². The zero-order chi connectivity index (χ0) is 16.8. The second kappa shape index (κ2) is 8.47. The van der Waals surface area contributed by atoms with E-state index < -0.39 is 0 Å². The molecule has 5 nitrogen and oxygen atoms in total. The maximum atomic E-state index is 12.4. The van der Waals surface area contributed by atoms with Crippen molar-refractivity contribution in [3.63, 3.8) is 0 Å². The highest BCUT2D eigenvalue weighted by Gasteiger charge is 2.25. The first-order valence-electron chi connectivity index (χ1n) is 9.38. The van der Waals surface area contributed by atoms with Crippen molar-refractivity contribution in [1.82, 2.24) is 15.6 Å². The summed E-state index contributed by atoms with van der Waals surface area (Å²) in [4.78, 5) is 19.1. The summed E-state index contributed by atoms with van der Waals surface area (Å²) in [5.74, 6) is 2.46. The highest BCUT2D eigenvalue weighted by Crippen LogP contribution is 2.24. The third-order valence-electron chi connectivity index (χ3n) is 5.53. The average Bonchev–Trinajstić information content (AvgIpc) is 2.64. The minimum atomic E-state index is 0.234. The summed E-state index contributed by atoms with van der Waals surface area (Å²) in [6.07, 6.45) is 6.93. The summed E-state index contributed by atoms with van der Waals surface area (Å²) in [7, 11) is 0. The fourth-order valence-corrected chi connectivity index (χ4v) is 3.95. The summed E-state index contributed by atoms with van der Waals surface area (Å²) in [5.41, 5.74) is 0. The average molecular weight is 330 g/mol. The number of aromatic nitrogens is 1. The molecule has 2 N–H and O–H groups in total. The molecule has 0 aliphatic carbocycles. The van der Waals surface area contributed by atoms with E-state index in [1.165, 1.54) is 12.8 Å². The second-order valence-electron chi connectivity index (χ2n) is 7.29. The number of hydrogen-bond acceptors (Lipinski definition) is 4. The van der Waals surface area contributed by atoms with E-state index in [1.54, 1.807) is 0 Å². The molecule has 1 unspecified atom stereocenters. The van der Waals surface area contributed by atoms with Gasteiger partial charge in [0.2, 0.25) is 5.91 Å². The van der Waals surface area contributed by atoms with Crippen LogP contribution in [0.15, 0.2) is 24.4 Å². The van der Waals surface area contributed by atoms with Crippen LogP contribution in [-0.2, 0) is 4.79 Å². The Hall–Kier alpha value is -1.62. The van der Waals surface area contributed by atoms with Gasteiger partial charge in [-0.15, -0.1) is 0 Å². The van der Waals surface area contributed by atoms with E-state index in [0.29, 0.717) is 24.3 Å². The van der Waals surface area contributed by atoms with Crippen molar-refractivity contribution < 1.29 is 4.79 Å². The molecule has 2 aliphatic rings. The molecule has 1 amide bonds. The number of piperidine rings is 2. The van der Waals surface area contributed by atoms with Crippen LogP contribution in [0.3, 0.4) is 0 Å². The Labute approximate surface area is 145 Å². The first kappa shape index (κ1) is 17.2. The largest absolute Gasteiger partial charge is 0.356 e. The zero-order valence-electron chi connectivity index (χ0n) is 14.7. The Balaban J connectivity index is 1.40. The molecule has 2 aliphatic heterocycles. The summed E-state index contributed by atoms with van der Waals surface area (Å²) in [6.45, 7) is 6.36. The Morgan fingerprint density at radius 1 is 1.29 bits per heavy atom. The predicted octanol–water partition coefficient (Wildman–Crippen LogP) is 2.19. The Bertz CT molecular complexity index is 507. The number of carbonyl (C=O) groups excluding carboxylic acids is 1. The summed E-state index contributed by atoms with van der Waals surface area (Å²) in [6, 6.07) is 6.34. The van der Waals surface area contributed by atoms with E-state index in [-0.39, 0.29) is 5.91 Å². The molecule has 0 bridgehead atoms. The van der Waals surface area contributed by atoms with Gasteiger partial charge in [-0.25, -0.2) is 4.98 Å². The molecular weight excluding hydrogens is 300 g/mol. The van der Waals surface area contributed by atoms with Crippen molar-refractivity contribution in [1.29, 1.82) is 0 Å². The number of rotatable bonds is 5. The lowest BCUT2D eigenvalue weighted by atomic mass is 9.84. The molecule has 5 heteroatoms. The molecule has 1 aromatic rings. The zero-order valence-corrected chi connectivity index (χ0v) is 14.7. The normalized spacial score (nSPS) is 21.5. The third-order valence-corrected chi connectivity index (χ3v) is 5.53. The Morgan fingerprint density at radius 2 is 2.04 bits per heavy atom. The van der Waals surface area contributed by atoms with E-state index in [1.807, 2.05) is 18.3 Å². The van der Waals surface area contributed by atoms with Gasteiger partial charge in [-0.2, -0.15) is 0 Å². The SMILES string of the molecule is CC(CC(=O)NC1CCN(c2ccccn2)CC1)C1CCNCC1. The lowest BCUT2D eigenvalue weighted by Gasteiger charge is -2.33. The van der Waals surface area contributed by atoms with E-state index >= 15 is 0 Å². The standard InChI is InChI=1S/C19H30N4O/c1-15(16-5-10-20-11-6-16)14-19(24)22-17-7-12-23(13-8-17)18-4-2-3-9-21-18/h2-4,9,15-17,20H,5-8,10-14H2,1H3,(H,22,24). The monoisotopic (exact) mass is 330 g/mol. The number of nitrogens with one attached hydrogen (secondary N) is 2. The van der Waals surface area contributed by atoms with Gasteiger partial charge >= 0.3 is 0 Å². The van der Waals surface area contributed by atoms with Gasteiger partial charge in [-0.1, -0.05) is 13.0 Å². The number of pyridine rings is 1. The minimum absolute atomic E-state index is 0.234. The van der Waals surface area contributed by atoms with Crippen LogP contribution in [-0.4, -0.2) is 43.1 Å². The molecule has 3 heterocycles. The van der Waals surface area contributed by atoms with Crippen LogP contribution in [0.5, 0.6) is 0 Å². The number of nitrogens with zero attached hydrogens (tertiary/aromatic N) is 2. The van der Waals surface area contributed by atoms with Crippen molar-refractivity contribution in [2.75, 3.05) is 31.1 Å². The van der Waals surface area contributed by atoms with Gasteiger partial charge in [0.05, 0.1) is 0 Å². The smallest absolute Gasteiger partial charge is 0.220 e. The van der Waals surface area contributed by atoms with E-state index in [9.17, 15) is 4.79 Å². The van der Waals surface area contributed by atoms with Gasteiger partial charge in [0.15, 0.2) is 0 Å². The maximum Gasteiger partial charge on any atom is 0.220 e. The number of carbonyl (C=O) groups is 1. The Morgan fingerprint density at radius 3 is 2.71 bits per heavy atom. The number of anilines is 1. The first-order valence-corrected chi connectivity index (χ1v) is 9.38. The van der Waals surface area contributed by atoms with Crippen LogP contribution >= 0.6 is 0 Å². The van der Waals surface area contributed by atoms with Crippen LogP contribution in [0, 0.1) is 11.8 Å². The lowest BCUT2D eigenvalue weighted by molar-refractivity contribution is -0.123. The first-order chi connectivity index (χ1) is 11.7. The number of amides is 1. The van der Waals surface area contributed by atoms with E-state index in [0.717, 1.165) is 44.8 Å². The van der Waals surface area contributed by atoms with Crippen LogP contribution in [0.4, 0.5) is 5.82 Å². The van der Waals surface area contributed by atoms with Gasteiger partial charge in [0.1, 0.15) is 5.82 Å². The quantitative estimate of drug-likeness (QED) is 0.869. The van der Waals surface area contributed by atoms with Crippen molar-refractivity contribution in [2.45, 2.75) is 45.1 Å². The maximum absolute atomic E-state index is 12.4. The van der Waals surface area contributed by atoms with Crippen molar-refractivity contribution in [3.05, 3.63) is 24.4 Å². The van der Waals surface area contributed by atoms with Gasteiger partial charge in [-0.05, 0) is 62.7 Å². The third kappa shape index (κ3) is 4.69.